The summed E-state index contributed by atoms with van der Waals surface area (Å²) >= 11 is 0. The molecule has 0 bridgehead atoms. The highest BCUT2D eigenvalue weighted by Crippen LogP contribution is 2.18. The first kappa shape index (κ1) is 9.08. The Morgan fingerprint density at radius 3 is 2.20 bits per heavy atom. The van der Waals surface area contributed by atoms with Crippen molar-refractivity contribution >= 4 is 0 Å². The van der Waals surface area contributed by atoms with Crippen molar-refractivity contribution in [2.45, 2.75) is 20.8 Å². The molecule has 58 valence electrons. The van der Waals surface area contributed by atoms with E-state index in [0.29, 0.717) is 0 Å². The molecule has 0 rings (SSSR count). The molecule has 0 aliphatic rings. The number of hydrogen-bond acceptors (Lipinski definition) is 2. The lowest BCUT2D eigenvalue weighted by Gasteiger charge is -2.14. The van der Waals surface area contributed by atoms with Crippen molar-refractivity contribution in [3.63, 3.8) is 0 Å². The topological polar surface area (TPSA) is 52.0 Å². The molecule has 0 aliphatic carbocycles. The molecular formula is C8H16N2. The molecule has 0 heterocycles. The van der Waals surface area contributed by atoms with E-state index >= 15 is 0 Å². The first-order valence-corrected chi connectivity index (χ1v) is 3.32. The van der Waals surface area contributed by atoms with E-state index in [2.05, 4.69) is 0 Å². The summed E-state index contributed by atoms with van der Waals surface area (Å²) in [6, 6.07) is 0. The Bertz CT molecular complexity index is 151. The van der Waals surface area contributed by atoms with E-state index in [0.717, 1.165) is 5.70 Å². The van der Waals surface area contributed by atoms with E-state index < -0.39 is 0 Å². The zero-order valence-corrected chi connectivity index (χ0v) is 6.89. The first-order valence-electron chi connectivity index (χ1n) is 3.32. The summed E-state index contributed by atoms with van der Waals surface area (Å²) in [5.74, 6) is 0. The molecule has 0 fully saturated rings. The van der Waals surface area contributed by atoms with Crippen LogP contribution in [0.5, 0.6) is 0 Å². The smallest absolute Gasteiger partial charge is 0.00413 e. The summed E-state index contributed by atoms with van der Waals surface area (Å²) in [6.07, 6.45) is 5.42. The van der Waals surface area contributed by atoms with Crippen molar-refractivity contribution < 1.29 is 0 Å². The molecule has 0 radical (unpaired) electrons. The molecule has 2 heteroatoms. The molecular weight excluding hydrogens is 124 g/mol. The van der Waals surface area contributed by atoms with Crippen LogP contribution < -0.4 is 11.5 Å². The van der Waals surface area contributed by atoms with Gasteiger partial charge in [-0.2, -0.15) is 0 Å². The van der Waals surface area contributed by atoms with Crippen LogP contribution in [-0.2, 0) is 0 Å². The third kappa shape index (κ3) is 4.01. The highest BCUT2D eigenvalue weighted by molar-refractivity contribution is 5.09. The summed E-state index contributed by atoms with van der Waals surface area (Å²) in [5, 5.41) is 0. The van der Waals surface area contributed by atoms with E-state index in [4.69, 9.17) is 11.5 Å². The molecule has 4 N–H and O–H groups in total. The van der Waals surface area contributed by atoms with Gasteiger partial charge in [0.05, 0.1) is 0 Å². The Kier molecular flexibility index (Phi) is 3.00. The maximum absolute atomic E-state index is 5.50. The van der Waals surface area contributed by atoms with E-state index in [1.54, 1.807) is 6.20 Å². The quantitative estimate of drug-likeness (QED) is 0.608. The van der Waals surface area contributed by atoms with Crippen LogP contribution in [0.1, 0.15) is 20.8 Å². The third-order valence-corrected chi connectivity index (χ3v) is 1.13. The van der Waals surface area contributed by atoms with Gasteiger partial charge in [0.2, 0.25) is 0 Å². The number of hydrogen-bond donors (Lipinski definition) is 2. The molecule has 0 saturated carbocycles. The molecule has 0 aliphatic heterocycles. The Morgan fingerprint density at radius 2 is 1.90 bits per heavy atom. The number of rotatable bonds is 2. The van der Waals surface area contributed by atoms with Crippen molar-refractivity contribution in [2.75, 3.05) is 0 Å². The Labute approximate surface area is 62.6 Å². The average Bonchev–Trinajstić information content (AvgIpc) is 1.59. The molecule has 0 aromatic rings. The summed E-state index contributed by atoms with van der Waals surface area (Å²) in [7, 11) is 0. The van der Waals surface area contributed by atoms with Crippen LogP contribution in [0.2, 0.25) is 0 Å². The molecule has 0 atom stereocenters. The van der Waals surface area contributed by atoms with Gasteiger partial charge < -0.3 is 11.5 Å². The normalized spacial score (nSPS) is 14.5. The summed E-state index contributed by atoms with van der Waals surface area (Å²) in [6.45, 7) is 5.96. The lowest BCUT2D eigenvalue weighted by atomic mass is 9.92. The maximum Gasteiger partial charge on any atom is 0.00413 e. The number of allylic oxidation sites excluding steroid dienone is 3. The fourth-order valence-corrected chi connectivity index (χ4v) is 0.883. The van der Waals surface area contributed by atoms with Gasteiger partial charge in [-0.15, -0.1) is 0 Å². The van der Waals surface area contributed by atoms with Gasteiger partial charge in [0, 0.05) is 11.1 Å². The second-order valence-electron chi connectivity index (χ2n) is 3.07. The van der Waals surface area contributed by atoms with Gasteiger partial charge in [0.25, 0.3) is 0 Å². The zero-order valence-electron chi connectivity index (χ0n) is 6.89. The van der Waals surface area contributed by atoms with Crippen molar-refractivity contribution in [1.29, 1.82) is 0 Å². The number of nitrogens with two attached hydrogens (primary N) is 2. The highest BCUT2D eigenvalue weighted by Gasteiger charge is 2.08. The van der Waals surface area contributed by atoms with Gasteiger partial charge in [0.1, 0.15) is 0 Å². The average molecular weight is 140 g/mol. The Balaban J connectivity index is 4.26. The Hall–Kier alpha value is -0.920. The largest absolute Gasteiger partial charge is 0.405 e. The highest BCUT2D eigenvalue weighted by atomic mass is 14.6. The van der Waals surface area contributed by atoms with Gasteiger partial charge >= 0.3 is 0 Å². The second-order valence-corrected chi connectivity index (χ2v) is 3.07. The molecule has 0 saturated heterocycles. The molecule has 10 heavy (non-hydrogen) atoms. The van der Waals surface area contributed by atoms with Crippen molar-refractivity contribution in [1.82, 2.24) is 0 Å². The van der Waals surface area contributed by atoms with Gasteiger partial charge in [-0.1, -0.05) is 26.0 Å². The van der Waals surface area contributed by atoms with Crippen LogP contribution in [0, 0.1) is 5.41 Å². The first-order chi connectivity index (χ1) is 4.48. The predicted octanol–water partition coefficient (Wildman–Crippen LogP) is 1.35. The summed E-state index contributed by atoms with van der Waals surface area (Å²) in [5.41, 5.74) is 11.5. The SMILES string of the molecule is C/C(N)=C/C(C)(C)C=CN. The van der Waals surface area contributed by atoms with Gasteiger partial charge in [0.15, 0.2) is 0 Å². The minimum Gasteiger partial charge on any atom is -0.405 e. The van der Waals surface area contributed by atoms with Crippen LogP contribution in [0.3, 0.4) is 0 Å². The van der Waals surface area contributed by atoms with E-state index in [1.165, 1.54) is 0 Å². The van der Waals surface area contributed by atoms with Crippen LogP contribution in [0.4, 0.5) is 0 Å². The summed E-state index contributed by atoms with van der Waals surface area (Å²) < 4.78 is 0. The predicted molar refractivity (Wildman–Crippen MR) is 45.1 cm³/mol. The van der Waals surface area contributed by atoms with Crippen molar-refractivity contribution in [2.24, 2.45) is 16.9 Å². The lowest BCUT2D eigenvalue weighted by molar-refractivity contribution is 0.618. The summed E-state index contributed by atoms with van der Waals surface area (Å²) in [4.78, 5) is 0. The second kappa shape index (κ2) is 3.30. The molecule has 2 nitrogen and oxygen atoms in total. The standard InChI is InChI=1S/C8H16N2/c1-7(10)6-8(2,3)4-5-9/h4-6H,9-10H2,1-3H3/b5-4?,7-6-. The molecule has 0 aromatic heterocycles. The molecule has 0 aromatic carbocycles. The molecule has 0 spiro atoms. The Morgan fingerprint density at radius 1 is 1.40 bits per heavy atom. The van der Waals surface area contributed by atoms with E-state index in [9.17, 15) is 0 Å². The van der Waals surface area contributed by atoms with Gasteiger partial charge in [-0.3, -0.25) is 0 Å². The van der Waals surface area contributed by atoms with Crippen molar-refractivity contribution in [3.05, 3.63) is 24.0 Å². The third-order valence-electron chi connectivity index (χ3n) is 1.13. The van der Waals surface area contributed by atoms with Gasteiger partial charge in [-0.25, -0.2) is 0 Å². The lowest BCUT2D eigenvalue weighted by Crippen LogP contribution is -2.07. The van der Waals surface area contributed by atoms with Crippen LogP contribution in [0.25, 0.3) is 0 Å². The van der Waals surface area contributed by atoms with Crippen LogP contribution in [0.15, 0.2) is 24.0 Å². The monoisotopic (exact) mass is 140 g/mol. The fourth-order valence-electron chi connectivity index (χ4n) is 0.883. The maximum atomic E-state index is 5.50. The molecule has 0 amide bonds. The van der Waals surface area contributed by atoms with Crippen LogP contribution in [-0.4, -0.2) is 0 Å². The molecule has 0 unspecified atom stereocenters. The zero-order chi connectivity index (χ0) is 8.20. The van der Waals surface area contributed by atoms with Crippen LogP contribution >= 0.6 is 0 Å². The minimum absolute atomic E-state index is 0.0203. The minimum atomic E-state index is -0.0203. The van der Waals surface area contributed by atoms with Gasteiger partial charge in [-0.05, 0) is 13.1 Å². The van der Waals surface area contributed by atoms with Crippen molar-refractivity contribution in [3.8, 4) is 0 Å². The van der Waals surface area contributed by atoms with E-state index in [1.807, 2.05) is 32.9 Å². The fraction of sp³-hybridized carbons (Fsp3) is 0.500. The van der Waals surface area contributed by atoms with E-state index in [-0.39, 0.29) is 5.41 Å².